The minimum atomic E-state index is -0.310. The molecule has 2 amide bonds. The first-order chi connectivity index (χ1) is 12.8. The largest absolute Gasteiger partial charge is 0.454 e. The zero-order valence-electron chi connectivity index (χ0n) is 13.9. The molecule has 0 saturated carbocycles. The summed E-state index contributed by atoms with van der Waals surface area (Å²) in [6.07, 6.45) is 5.13. The number of carbonyl (C=O) groups excluding carboxylic acids is 1. The van der Waals surface area contributed by atoms with Crippen LogP contribution in [-0.2, 0) is 13.1 Å². The van der Waals surface area contributed by atoms with Gasteiger partial charge in [-0.1, -0.05) is 12.1 Å². The summed E-state index contributed by atoms with van der Waals surface area (Å²) in [6, 6.07) is 10.8. The first-order valence-corrected chi connectivity index (χ1v) is 8.12. The molecule has 0 spiro atoms. The highest BCUT2D eigenvalue weighted by Gasteiger charge is 2.13. The van der Waals surface area contributed by atoms with Crippen LogP contribution < -0.4 is 20.1 Å². The van der Waals surface area contributed by atoms with E-state index in [0.29, 0.717) is 24.7 Å². The third kappa shape index (κ3) is 3.59. The van der Waals surface area contributed by atoms with Gasteiger partial charge in [0.2, 0.25) is 6.79 Å². The molecule has 8 heteroatoms. The van der Waals surface area contributed by atoms with Crippen LogP contribution in [0.2, 0.25) is 0 Å². The van der Waals surface area contributed by atoms with E-state index in [4.69, 9.17) is 9.47 Å². The van der Waals surface area contributed by atoms with Crippen LogP contribution in [0.5, 0.6) is 11.5 Å². The number of carbonyl (C=O) groups is 1. The molecule has 0 atom stereocenters. The van der Waals surface area contributed by atoms with Gasteiger partial charge in [0, 0.05) is 25.0 Å². The maximum Gasteiger partial charge on any atom is 0.320 e. The summed E-state index contributed by atoms with van der Waals surface area (Å²) >= 11 is 0. The number of ether oxygens (including phenoxy) is 2. The molecule has 3 heterocycles. The number of nitrogens with one attached hydrogen (secondary N) is 2. The third-order valence-electron chi connectivity index (χ3n) is 3.90. The van der Waals surface area contributed by atoms with Crippen molar-refractivity contribution in [2.45, 2.75) is 13.1 Å². The van der Waals surface area contributed by atoms with Crippen molar-refractivity contribution in [1.82, 2.24) is 20.1 Å². The Morgan fingerprint density at radius 1 is 1.12 bits per heavy atom. The zero-order valence-corrected chi connectivity index (χ0v) is 13.9. The van der Waals surface area contributed by atoms with Crippen molar-refractivity contribution in [2.24, 2.45) is 0 Å². The molecule has 132 valence electrons. The molecule has 0 aliphatic carbocycles. The first-order valence-electron chi connectivity index (χ1n) is 8.12. The molecule has 1 aromatic carbocycles. The van der Waals surface area contributed by atoms with Gasteiger partial charge in [-0.05, 0) is 29.3 Å². The monoisotopic (exact) mass is 351 g/mol. The normalized spacial score (nSPS) is 12.0. The first kappa shape index (κ1) is 15.9. The van der Waals surface area contributed by atoms with Crippen LogP contribution in [0, 0.1) is 0 Å². The quantitative estimate of drug-likeness (QED) is 0.736. The van der Waals surface area contributed by atoms with E-state index in [1.165, 1.54) is 0 Å². The highest BCUT2D eigenvalue weighted by Crippen LogP contribution is 2.32. The summed E-state index contributed by atoms with van der Waals surface area (Å²) in [6.45, 7) is 1.13. The number of benzene rings is 1. The number of aromatic nitrogens is 3. The Kier molecular flexibility index (Phi) is 4.38. The van der Waals surface area contributed by atoms with Gasteiger partial charge in [-0.3, -0.25) is 10.3 Å². The number of urea groups is 1. The van der Waals surface area contributed by atoms with Crippen molar-refractivity contribution in [3.63, 3.8) is 0 Å². The molecule has 0 unspecified atom stereocenters. The molecule has 8 nitrogen and oxygen atoms in total. The fourth-order valence-electron chi connectivity index (χ4n) is 2.62. The van der Waals surface area contributed by atoms with Gasteiger partial charge in [-0.2, -0.15) is 5.10 Å². The lowest BCUT2D eigenvalue weighted by molar-refractivity contribution is 0.174. The van der Waals surface area contributed by atoms with Gasteiger partial charge in [-0.25, -0.2) is 9.48 Å². The number of fused-ring (bicyclic) bond motifs is 1. The number of amides is 2. The average molecular weight is 351 g/mol. The number of nitrogens with zero attached hydrogens (tertiary/aromatic N) is 3. The Morgan fingerprint density at radius 2 is 2.04 bits per heavy atom. The van der Waals surface area contributed by atoms with E-state index in [9.17, 15) is 4.79 Å². The molecular weight excluding hydrogens is 334 g/mol. The summed E-state index contributed by atoms with van der Waals surface area (Å²) in [5.41, 5.74) is 1.92. The van der Waals surface area contributed by atoms with Gasteiger partial charge < -0.3 is 14.8 Å². The summed E-state index contributed by atoms with van der Waals surface area (Å²) in [5.74, 6) is 2.02. The Hall–Kier alpha value is -3.55. The molecule has 2 N–H and O–H groups in total. The summed E-state index contributed by atoms with van der Waals surface area (Å²) in [4.78, 5) is 16.3. The fraction of sp³-hybridized carbons (Fsp3) is 0.167. The van der Waals surface area contributed by atoms with E-state index >= 15 is 0 Å². The highest BCUT2D eigenvalue weighted by atomic mass is 16.7. The van der Waals surface area contributed by atoms with Crippen LogP contribution in [-0.4, -0.2) is 27.6 Å². The fourth-order valence-corrected chi connectivity index (χ4v) is 2.62. The second-order valence-corrected chi connectivity index (χ2v) is 5.73. The van der Waals surface area contributed by atoms with Crippen LogP contribution >= 0.6 is 0 Å². The number of hydrogen-bond acceptors (Lipinski definition) is 5. The van der Waals surface area contributed by atoms with E-state index in [2.05, 4.69) is 20.7 Å². The Morgan fingerprint density at radius 3 is 2.92 bits per heavy atom. The van der Waals surface area contributed by atoms with Gasteiger partial charge in [0.1, 0.15) is 5.82 Å². The lowest BCUT2D eigenvalue weighted by atomic mass is 10.2. The van der Waals surface area contributed by atoms with E-state index < -0.39 is 0 Å². The van der Waals surface area contributed by atoms with E-state index in [0.717, 1.165) is 16.9 Å². The van der Waals surface area contributed by atoms with Gasteiger partial charge in [-0.15, -0.1) is 0 Å². The van der Waals surface area contributed by atoms with Crippen LogP contribution in [0.15, 0.2) is 55.0 Å². The van der Waals surface area contributed by atoms with Gasteiger partial charge in [0.15, 0.2) is 11.5 Å². The standard InChI is InChI=1S/C18H17N5O3/c24-18(20-10-13-3-4-15-16(8-13)26-12-25-15)22-17-5-7-21-23(17)11-14-2-1-6-19-9-14/h1-9H,10-12H2,(H2,20,22,24). The van der Waals surface area contributed by atoms with Crippen LogP contribution in [0.25, 0.3) is 0 Å². The Balaban J connectivity index is 1.35. The summed E-state index contributed by atoms with van der Waals surface area (Å²) < 4.78 is 12.3. The lowest BCUT2D eigenvalue weighted by Crippen LogP contribution is -2.29. The Bertz CT molecular complexity index is 910. The van der Waals surface area contributed by atoms with Crippen LogP contribution in [0.1, 0.15) is 11.1 Å². The van der Waals surface area contributed by atoms with Crippen molar-refractivity contribution in [1.29, 1.82) is 0 Å². The number of rotatable bonds is 5. The average Bonchev–Trinajstić information content (AvgIpc) is 3.30. The number of pyridine rings is 1. The molecule has 26 heavy (non-hydrogen) atoms. The zero-order chi connectivity index (χ0) is 17.8. The second kappa shape index (κ2) is 7.14. The van der Waals surface area contributed by atoms with Crippen molar-refractivity contribution in [2.75, 3.05) is 12.1 Å². The SMILES string of the molecule is O=C(NCc1ccc2c(c1)OCO2)Nc1ccnn1Cc1cccnc1. The van der Waals surface area contributed by atoms with Gasteiger partial charge in [0.25, 0.3) is 0 Å². The third-order valence-corrected chi connectivity index (χ3v) is 3.90. The molecule has 0 radical (unpaired) electrons. The van der Waals surface area contributed by atoms with Crippen molar-refractivity contribution >= 4 is 11.8 Å². The topological polar surface area (TPSA) is 90.3 Å². The summed E-state index contributed by atoms with van der Waals surface area (Å²) in [7, 11) is 0. The molecule has 4 rings (SSSR count). The molecule has 3 aromatic rings. The van der Waals surface area contributed by atoms with Crippen molar-refractivity contribution in [3.05, 3.63) is 66.1 Å². The van der Waals surface area contributed by atoms with E-state index in [1.807, 2.05) is 30.3 Å². The van der Waals surface area contributed by atoms with E-state index in [-0.39, 0.29) is 12.8 Å². The molecule has 2 aromatic heterocycles. The number of anilines is 1. The minimum absolute atomic E-state index is 0.230. The molecule has 1 aliphatic rings. The van der Waals surface area contributed by atoms with Crippen LogP contribution in [0.3, 0.4) is 0 Å². The molecular formula is C18H17N5O3. The van der Waals surface area contributed by atoms with Crippen molar-refractivity contribution in [3.8, 4) is 11.5 Å². The maximum absolute atomic E-state index is 12.2. The Labute approximate surface area is 149 Å². The van der Waals surface area contributed by atoms with Crippen LogP contribution in [0.4, 0.5) is 10.6 Å². The molecule has 0 fully saturated rings. The lowest BCUT2D eigenvalue weighted by Gasteiger charge is -2.10. The minimum Gasteiger partial charge on any atom is -0.454 e. The van der Waals surface area contributed by atoms with Gasteiger partial charge >= 0.3 is 6.03 Å². The molecule has 0 saturated heterocycles. The highest BCUT2D eigenvalue weighted by molar-refractivity contribution is 5.88. The maximum atomic E-state index is 12.2. The van der Waals surface area contributed by atoms with E-state index in [1.54, 1.807) is 29.3 Å². The predicted molar refractivity (Wildman–Crippen MR) is 94.0 cm³/mol. The number of hydrogen-bond donors (Lipinski definition) is 2. The molecule has 0 bridgehead atoms. The van der Waals surface area contributed by atoms with Crippen molar-refractivity contribution < 1.29 is 14.3 Å². The smallest absolute Gasteiger partial charge is 0.320 e. The molecule has 1 aliphatic heterocycles. The van der Waals surface area contributed by atoms with Gasteiger partial charge in [0.05, 0.1) is 12.7 Å². The second-order valence-electron chi connectivity index (χ2n) is 5.73. The summed E-state index contributed by atoms with van der Waals surface area (Å²) in [5, 5.41) is 9.87. The predicted octanol–water partition coefficient (Wildman–Crippen LogP) is 2.38.